The number of hydrogen-bond acceptors (Lipinski definition) is 4. The number of hydrogen-bond donors (Lipinski definition) is 1. The van der Waals surface area contributed by atoms with Crippen LogP contribution in [0.5, 0.6) is 0 Å². The third-order valence-corrected chi connectivity index (χ3v) is 6.81. The van der Waals surface area contributed by atoms with Crippen LogP contribution in [0.1, 0.15) is 0 Å². The van der Waals surface area contributed by atoms with Gasteiger partial charge in [0.05, 0.1) is 21.0 Å². The number of aryl methyl sites for hydroxylation is 1. The van der Waals surface area contributed by atoms with Gasteiger partial charge in [0.25, 0.3) is 0 Å². The van der Waals surface area contributed by atoms with Gasteiger partial charge in [-0.15, -0.1) is 12.4 Å². The normalized spacial score (nSPS) is 15.0. The molecule has 1 fully saturated rings. The monoisotopic (exact) mass is 425 g/mol. The molecule has 2 aromatic carbocycles. The van der Waals surface area contributed by atoms with Gasteiger partial charge in [0.1, 0.15) is 0 Å². The quantitative estimate of drug-likeness (QED) is 0.697. The van der Waals surface area contributed by atoms with E-state index in [9.17, 15) is 8.42 Å². The molecule has 0 unspecified atom stereocenters. The minimum Gasteiger partial charge on any atom is -0.367 e. The van der Waals surface area contributed by atoms with E-state index in [4.69, 9.17) is 11.6 Å². The summed E-state index contributed by atoms with van der Waals surface area (Å²) in [5.41, 5.74) is 2.01. The zero-order chi connectivity index (χ0) is 18.3. The van der Waals surface area contributed by atoms with Gasteiger partial charge in [0, 0.05) is 49.8 Å². The molecule has 0 amide bonds. The van der Waals surface area contributed by atoms with Gasteiger partial charge in [-0.1, -0.05) is 29.8 Å². The Bertz CT molecular complexity index is 1070. The van der Waals surface area contributed by atoms with E-state index in [0.717, 1.165) is 42.8 Å². The maximum absolute atomic E-state index is 13.2. The molecular formula is C19H21Cl2N3O2S. The molecule has 5 nitrogen and oxygen atoms in total. The van der Waals surface area contributed by atoms with Gasteiger partial charge >= 0.3 is 0 Å². The first kappa shape index (κ1) is 20.0. The number of para-hydroxylation sites is 1. The Morgan fingerprint density at radius 2 is 1.78 bits per heavy atom. The lowest BCUT2D eigenvalue weighted by Gasteiger charge is -2.30. The second kappa shape index (κ2) is 7.72. The van der Waals surface area contributed by atoms with Gasteiger partial charge in [0.2, 0.25) is 9.84 Å². The number of piperazine rings is 1. The van der Waals surface area contributed by atoms with Crippen LogP contribution in [0.3, 0.4) is 0 Å². The molecule has 1 saturated heterocycles. The summed E-state index contributed by atoms with van der Waals surface area (Å²) in [5.74, 6) is 0. The highest BCUT2D eigenvalue weighted by Gasteiger charge is 2.25. The van der Waals surface area contributed by atoms with Crippen LogP contribution in [0.15, 0.2) is 58.5 Å². The molecule has 2 heterocycles. The van der Waals surface area contributed by atoms with E-state index in [1.54, 1.807) is 24.4 Å². The molecular weight excluding hydrogens is 405 g/mol. The van der Waals surface area contributed by atoms with E-state index in [0.29, 0.717) is 9.92 Å². The van der Waals surface area contributed by atoms with Crippen molar-refractivity contribution < 1.29 is 8.42 Å². The molecule has 0 saturated carbocycles. The maximum Gasteiger partial charge on any atom is 0.208 e. The average molecular weight is 426 g/mol. The molecule has 1 aliphatic heterocycles. The van der Waals surface area contributed by atoms with Crippen LogP contribution in [0.2, 0.25) is 5.02 Å². The molecule has 3 aromatic rings. The van der Waals surface area contributed by atoms with Crippen LogP contribution in [0.25, 0.3) is 10.9 Å². The highest BCUT2D eigenvalue weighted by molar-refractivity contribution is 7.91. The van der Waals surface area contributed by atoms with E-state index in [1.165, 1.54) is 6.07 Å². The van der Waals surface area contributed by atoms with Crippen molar-refractivity contribution in [2.75, 3.05) is 31.1 Å². The lowest BCUT2D eigenvalue weighted by Crippen LogP contribution is -2.43. The number of fused-ring (bicyclic) bond motifs is 1. The summed E-state index contributed by atoms with van der Waals surface area (Å²) >= 11 is 6.01. The van der Waals surface area contributed by atoms with Gasteiger partial charge in [-0.25, -0.2) is 8.42 Å². The molecule has 0 atom stereocenters. The van der Waals surface area contributed by atoms with Crippen LogP contribution >= 0.6 is 24.0 Å². The fourth-order valence-corrected chi connectivity index (χ4v) is 5.35. The van der Waals surface area contributed by atoms with E-state index in [1.807, 2.05) is 23.7 Å². The van der Waals surface area contributed by atoms with Crippen molar-refractivity contribution in [3.63, 3.8) is 0 Å². The smallest absolute Gasteiger partial charge is 0.208 e. The van der Waals surface area contributed by atoms with Gasteiger partial charge in [0.15, 0.2) is 0 Å². The number of nitrogens with zero attached hydrogens (tertiary/aromatic N) is 2. The summed E-state index contributed by atoms with van der Waals surface area (Å²) in [5, 5.41) is 4.50. The molecule has 4 rings (SSSR count). The molecule has 1 aliphatic rings. The first-order valence-electron chi connectivity index (χ1n) is 8.53. The first-order valence-corrected chi connectivity index (χ1v) is 10.4. The zero-order valence-corrected chi connectivity index (χ0v) is 17.2. The molecule has 1 N–H and O–H groups in total. The van der Waals surface area contributed by atoms with E-state index in [2.05, 4.69) is 16.3 Å². The van der Waals surface area contributed by atoms with Crippen molar-refractivity contribution in [3.05, 3.63) is 53.7 Å². The first-order chi connectivity index (χ1) is 12.5. The number of nitrogens with one attached hydrogen (secondary N) is 1. The van der Waals surface area contributed by atoms with E-state index in [-0.39, 0.29) is 17.3 Å². The minimum absolute atomic E-state index is 0. The Morgan fingerprint density at radius 1 is 1.07 bits per heavy atom. The lowest BCUT2D eigenvalue weighted by molar-refractivity contribution is 0.590. The minimum atomic E-state index is -3.65. The van der Waals surface area contributed by atoms with E-state index >= 15 is 0 Å². The Hall–Kier alpha value is -1.73. The second-order valence-electron chi connectivity index (χ2n) is 6.48. The molecule has 0 spiro atoms. The fraction of sp³-hybridized carbons (Fsp3) is 0.263. The lowest BCUT2D eigenvalue weighted by atomic mass is 10.2. The van der Waals surface area contributed by atoms with Crippen LogP contribution in [0, 0.1) is 0 Å². The van der Waals surface area contributed by atoms with Crippen LogP contribution in [0.4, 0.5) is 5.69 Å². The van der Waals surface area contributed by atoms with Crippen LogP contribution in [-0.4, -0.2) is 39.2 Å². The Kier molecular flexibility index (Phi) is 5.72. The van der Waals surface area contributed by atoms with Crippen molar-refractivity contribution in [1.82, 2.24) is 9.88 Å². The average Bonchev–Trinajstić information content (AvgIpc) is 3.00. The SMILES string of the molecule is Cl.Cn1cc(S(=O)(=O)c2cccc(Cl)c2)c2cccc(N3CCNCC3)c21. The number of sulfone groups is 1. The number of rotatable bonds is 3. The van der Waals surface area contributed by atoms with E-state index < -0.39 is 9.84 Å². The van der Waals surface area contributed by atoms with Gasteiger partial charge in [-0.05, 0) is 24.3 Å². The largest absolute Gasteiger partial charge is 0.367 e. The topological polar surface area (TPSA) is 54.3 Å². The number of benzene rings is 2. The Morgan fingerprint density at radius 3 is 2.48 bits per heavy atom. The molecule has 1 aromatic heterocycles. The zero-order valence-electron chi connectivity index (χ0n) is 14.9. The molecule has 0 bridgehead atoms. The highest BCUT2D eigenvalue weighted by Crippen LogP contribution is 2.35. The van der Waals surface area contributed by atoms with Crippen molar-refractivity contribution in [1.29, 1.82) is 0 Å². The van der Waals surface area contributed by atoms with Gasteiger partial charge in [-0.2, -0.15) is 0 Å². The summed E-state index contributed by atoms with van der Waals surface area (Å²) in [7, 11) is -1.76. The molecule has 0 aliphatic carbocycles. The molecule has 144 valence electrons. The summed E-state index contributed by atoms with van der Waals surface area (Å²) in [6, 6.07) is 12.3. The highest BCUT2D eigenvalue weighted by atomic mass is 35.5. The molecule has 8 heteroatoms. The summed E-state index contributed by atoms with van der Waals surface area (Å²) < 4.78 is 28.3. The fourth-order valence-electron chi connectivity index (χ4n) is 3.55. The molecule has 0 radical (unpaired) electrons. The third-order valence-electron chi connectivity index (χ3n) is 4.80. The van der Waals surface area contributed by atoms with Gasteiger partial charge in [-0.3, -0.25) is 0 Å². The number of halogens is 2. The number of aromatic nitrogens is 1. The maximum atomic E-state index is 13.2. The van der Waals surface area contributed by atoms with Crippen molar-refractivity contribution >= 4 is 50.4 Å². The Balaban J connectivity index is 0.00000210. The Labute approximate surface area is 170 Å². The van der Waals surface area contributed by atoms with Gasteiger partial charge < -0.3 is 14.8 Å². The predicted molar refractivity (Wildman–Crippen MR) is 112 cm³/mol. The summed E-state index contributed by atoms with van der Waals surface area (Å²) in [6.45, 7) is 3.66. The number of anilines is 1. The van der Waals surface area contributed by atoms with Crippen LogP contribution in [-0.2, 0) is 16.9 Å². The second-order valence-corrected chi connectivity index (χ2v) is 8.83. The van der Waals surface area contributed by atoms with Crippen molar-refractivity contribution in [2.45, 2.75) is 9.79 Å². The van der Waals surface area contributed by atoms with Crippen LogP contribution < -0.4 is 10.2 Å². The van der Waals surface area contributed by atoms with Crippen molar-refractivity contribution in [2.24, 2.45) is 7.05 Å². The third kappa shape index (κ3) is 3.55. The molecule has 27 heavy (non-hydrogen) atoms. The summed E-state index contributed by atoms with van der Waals surface area (Å²) in [4.78, 5) is 2.83. The predicted octanol–water partition coefficient (Wildman–Crippen LogP) is 3.50. The van der Waals surface area contributed by atoms with Crippen molar-refractivity contribution in [3.8, 4) is 0 Å². The standard InChI is InChI=1S/C19H20ClN3O2S.ClH/c1-22-13-18(26(24,25)15-5-2-4-14(20)12-15)16-6-3-7-17(19(16)22)23-10-8-21-9-11-23;/h2-7,12-13,21H,8-11H2,1H3;1H. The summed E-state index contributed by atoms with van der Waals surface area (Å²) in [6.07, 6.45) is 1.70.